The first-order chi connectivity index (χ1) is 16.6. The summed E-state index contributed by atoms with van der Waals surface area (Å²) in [7, 11) is 0. The van der Waals surface area contributed by atoms with Crippen LogP contribution in [0.5, 0.6) is 5.75 Å². The number of carbonyl (C=O) groups excluding carboxylic acids is 1. The average Bonchev–Trinajstić information content (AvgIpc) is 3.32. The molecule has 0 bridgehead atoms. The Bertz CT molecular complexity index is 1260. The van der Waals surface area contributed by atoms with E-state index in [2.05, 4.69) is 43.3 Å². The lowest BCUT2D eigenvalue weighted by Gasteiger charge is -2.13. The number of fused-ring (bicyclic) bond motifs is 1. The van der Waals surface area contributed by atoms with Crippen molar-refractivity contribution in [2.45, 2.75) is 33.3 Å². The number of benzene rings is 3. The van der Waals surface area contributed by atoms with E-state index in [-0.39, 0.29) is 12.4 Å². The first kappa shape index (κ1) is 23.6. The van der Waals surface area contributed by atoms with Gasteiger partial charge >= 0.3 is 5.97 Å². The second kappa shape index (κ2) is 11.0. The van der Waals surface area contributed by atoms with E-state index >= 15 is 0 Å². The number of esters is 1. The molecular weight excluding hydrogens is 426 g/mol. The van der Waals surface area contributed by atoms with Crippen molar-refractivity contribution in [3.8, 4) is 16.9 Å². The summed E-state index contributed by atoms with van der Waals surface area (Å²) in [5.74, 6) is 0.847. The maximum Gasteiger partial charge on any atom is 0.310 e. The first-order valence-corrected chi connectivity index (χ1v) is 11.7. The van der Waals surface area contributed by atoms with Gasteiger partial charge < -0.3 is 19.6 Å². The van der Waals surface area contributed by atoms with Gasteiger partial charge in [-0.05, 0) is 66.8 Å². The van der Waals surface area contributed by atoms with Crippen molar-refractivity contribution < 1.29 is 18.7 Å². The van der Waals surface area contributed by atoms with Crippen LogP contribution < -0.4 is 10.5 Å². The predicted octanol–water partition coefficient (Wildman–Crippen LogP) is 5.92. The van der Waals surface area contributed by atoms with Gasteiger partial charge in [0.05, 0.1) is 19.3 Å². The van der Waals surface area contributed by atoms with E-state index in [4.69, 9.17) is 19.6 Å². The summed E-state index contributed by atoms with van der Waals surface area (Å²) < 4.78 is 17.1. The molecule has 2 N–H and O–H groups in total. The molecular formula is C29H31NO4. The third-order valence-electron chi connectivity index (χ3n) is 5.84. The molecule has 0 unspecified atom stereocenters. The van der Waals surface area contributed by atoms with Crippen LogP contribution in [-0.2, 0) is 29.0 Å². The van der Waals surface area contributed by atoms with Gasteiger partial charge in [-0.15, -0.1) is 0 Å². The number of nitrogens with two attached hydrogens (primary N) is 1. The molecule has 0 saturated carbocycles. The Morgan fingerprint density at radius 1 is 1.03 bits per heavy atom. The number of furan rings is 1. The molecule has 0 aliphatic heterocycles. The van der Waals surface area contributed by atoms with Gasteiger partial charge in [-0.1, -0.05) is 49.4 Å². The van der Waals surface area contributed by atoms with E-state index in [0.29, 0.717) is 31.4 Å². The lowest BCUT2D eigenvalue weighted by Crippen LogP contribution is -2.13. The quantitative estimate of drug-likeness (QED) is 0.299. The molecule has 1 heterocycles. The van der Waals surface area contributed by atoms with Crippen molar-refractivity contribution in [2.75, 3.05) is 13.2 Å². The molecule has 0 aliphatic carbocycles. The van der Waals surface area contributed by atoms with Gasteiger partial charge in [0.2, 0.25) is 0 Å². The van der Waals surface area contributed by atoms with Gasteiger partial charge in [-0.25, -0.2) is 0 Å². The molecule has 0 aliphatic rings. The molecule has 0 fully saturated rings. The lowest BCUT2D eigenvalue weighted by atomic mass is 9.95. The van der Waals surface area contributed by atoms with Gasteiger partial charge in [0.15, 0.2) is 0 Å². The van der Waals surface area contributed by atoms with E-state index in [1.807, 2.05) is 30.3 Å². The number of ether oxygens (including phenoxy) is 2. The highest BCUT2D eigenvalue weighted by molar-refractivity contribution is 5.93. The summed E-state index contributed by atoms with van der Waals surface area (Å²) in [6.45, 7) is 5.37. The van der Waals surface area contributed by atoms with Crippen molar-refractivity contribution in [1.29, 1.82) is 0 Å². The van der Waals surface area contributed by atoms with E-state index in [0.717, 1.165) is 39.6 Å². The van der Waals surface area contributed by atoms with Gasteiger partial charge in [0, 0.05) is 16.5 Å². The van der Waals surface area contributed by atoms with Gasteiger partial charge in [0.1, 0.15) is 17.9 Å². The van der Waals surface area contributed by atoms with Crippen LogP contribution in [0.1, 0.15) is 30.5 Å². The maximum absolute atomic E-state index is 12.0. The molecule has 3 aromatic carbocycles. The standard InChI is InChI=1S/C29H31NO4/c1-3-32-28(31)17-24-8-4-5-10-27(24)34-19-22-15-25-11-12-33-29(25)26(16-22)23-9-6-7-21(14-23)13-20(2)18-30/h4-12,14-16,20H,3,13,17-19,30H2,1-2H3/t20-/m1/s1. The molecule has 5 heteroatoms. The Labute approximate surface area is 200 Å². The molecule has 1 atom stereocenters. The molecule has 0 spiro atoms. The summed E-state index contributed by atoms with van der Waals surface area (Å²) in [5, 5.41) is 1.02. The zero-order valence-corrected chi connectivity index (χ0v) is 19.8. The van der Waals surface area contributed by atoms with Crippen molar-refractivity contribution in [3.63, 3.8) is 0 Å². The second-order valence-electron chi connectivity index (χ2n) is 8.61. The van der Waals surface area contributed by atoms with Crippen LogP contribution in [0, 0.1) is 5.92 Å². The average molecular weight is 458 g/mol. The van der Waals surface area contributed by atoms with Crippen LogP contribution in [0.4, 0.5) is 0 Å². The summed E-state index contributed by atoms with van der Waals surface area (Å²) in [5.41, 5.74) is 11.9. The monoisotopic (exact) mass is 457 g/mol. The number of hydrogen-bond acceptors (Lipinski definition) is 5. The van der Waals surface area contributed by atoms with Gasteiger partial charge in [-0.2, -0.15) is 0 Å². The molecule has 0 saturated heterocycles. The normalized spacial score (nSPS) is 12.0. The molecule has 0 radical (unpaired) electrons. The fraction of sp³-hybridized carbons (Fsp3) is 0.276. The summed E-state index contributed by atoms with van der Waals surface area (Å²) in [6.07, 6.45) is 2.84. The van der Waals surface area contributed by atoms with Crippen LogP contribution in [0.3, 0.4) is 0 Å². The van der Waals surface area contributed by atoms with E-state index < -0.39 is 0 Å². The number of carbonyl (C=O) groups is 1. The Morgan fingerprint density at radius 3 is 2.71 bits per heavy atom. The highest BCUT2D eigenvalue weighted by Gasteiger charge is 2.13. The second-order valence-corrected chi connectivity index (χ2v) is 8.61. The predicted molar refractivity (Wildman–Crippen MR) is 135 cm³/mol. The fourth-order valence-electron chi connectivity index (χ4n) is 4.11. The number of para-hydroxylation sites is 1. The molecule has 34 heavy (non-hydrogen) atoms. The van der Waals surface area contributed by atoms with Crippen LogP contribution >= 0.6 is 0 Å². The molecule has 176 valence electrons. The molecule has 1 aromatic heterocycles. The summed E-state index contributed by atoms with van der Waals surface area (Å²) in [4.78, 5) is 12.0. The Morgan fingerprint density at radius 2 is 1.88 bits per heavy atom. The topological polar surface area (TPSA) is 74.7 Å². The van der Waals surface area contributed by atoms with Crippen molar-refractivity contribution in [1.82, 2.24) is 0 Å². The van der Waals surface area contributed by atoms with Crippen molar-refractivity contribution in [3.05, 3.63) is 89.7 Å². The number of rotatable bonds is 10. The minimum absolute atomic E-state index is 0.185. The zero-order valence-electron chi connectivity index (χ0n) is 19.8. The summed E-state index contributed by atoms with van der Waals surface area (Å²) >= 11 is 0. The third-order valence-corrected chi connectivity index (χ3v) is 5.84. The van der Waals surface area contributed by atoms with E-state index in [1.165, 1.54) is 5.56 Å². The Hall–Kier alpha value is -3.57. The Balaban J connectivity index is 1.60. The first-order valence-electron chi connectivity index (χ1n) is 11.7. The zero-order chi connectivity index (χ0) is 23.9. The minimum atomic E-state index is -0.260. The van der Waals surface area contributed by atoms with Crippen LogP contribution in [0.25, 0.3) is 22.1 Å². The Kier molecular flexibility index (Phi) is 7.65. The van der Waals surface area contributed by atoms with Gasteiger partial charge in [0.25, 0.3) is 0 Å². The van der Waals surface area contributed by atoms with Crippen LogP contribution in [-0.4, -0.2) is 19.1 Å². The molecule has 0 amide bonds. The highest BCUT2D eigenvalue weighted by Crippen LogP contribution is 2.32. The highest BCUT2D eigenvalue weighted by atomic mass is 16.5. The van der Waals surface area contributed by atoms with E-state index in [9.17, 15) is 4.79 Å². The van der Waals surface area contributed by atoms with Crippen LogP contribution in [0.15, 0.2) is 77.4 Å². The SMILES string of the molecule is CCOC(=O)Cc1ccccc1OCc1cc(-c2cccc(C[C@@H](C)CN)c2)c2occc2c1. The van der Waals surface area contributed by atoms with E-state index in [1.54, 1.807) is 13.2 Å². The largest absolute Gasteiger partial charge is 0.489 e. The van der Waals surface area contributed by atoms with Crippen LogP contribution in [0.2, 0.25) is 0 Å². The van der Waals surface area contributed by atoms with Crippen molar-refractivity contribution >= 4 is 16.9 Å². The lowest BCUT2D eigenvalue weighted by molar-refractivity contribution is -0.142. The molecule has 5 nitrogen and oxygen atoms in total. The fourth-order valence-corrected chi connectivity index (χ4v) is 4.11. The smallest absolute Gasteiger partial charge is 0.310 e. The third kappa shape index (κ3) is 5.67. The minimum Gasteiger partial charge on any atom is -0.489 e. The molecule has 4 rings (SSSR count). The summed E-state index contributed by atoms with van der Waals surface area (Å²) in [6, 6.07) is 22.3. The van der Waals surface area contributed by atoms with Crippen molar-refractivity contribution in [2.24, 2.45) is 11.7 Å². The number of hydrogen-bond donors (Lipinski definition) is 1. The maximum atomic E-state index is 12.0. The molecule has 4 aromatic rings. The van der Waals surface area contributed by atoms with Gasteiger partial charge in [-0.3, -0.25) is 4.79 Å².